The fourth-order valence-electron chi connectivity index (χ4n) is 1.20. The summed E-state index contributed by atoms with van der Waals surface area (Å²) in [6.45, 7) is 3.19. The molecule has 0 spiro atoms. The molecular formula is C11H14Cl2FN. The third-order valence-electron chi connectivity index (χ3n) is 2.04. The Morgan fingerprint density at radius 3 is 2.87 bits per heavy atom. The number of nitrogens with one attached hydrogen (secondary N) is 1. The van der Waals surface area contributed by atoms with Crippen molar-refractivity contribution in [1.82, 2.24) is 5.32 Å². The summed E-state index contributed by atoms with van der Waals surface area (Å²) in [4.78, 5) is 0. The van der Waals surface area contributed by atoms with Gasteiger partial charge in [0, 0.05) is 22.5 Å². The molecule has 0 saturated heterocycles. The van der Waals surface area contributed by atoms with Crippen LogP contribution in [-0.4, -0.2) is 11.9 Å². The van der Waals surface area contributed by atoms with Crippen molar-refractivity contribution in [3.8, 4) is 0 Å². The second kappa shape index (κ2) is 6.31. The van der Waals surface area contributed by atoms with Gasteiger partial charge in [-0.1, -0.05) is 11.6 Å². The molecular weight excluding hydrogens is 236 g/mol. The predicted molar refractivity (Wildman–Crippen MR) is 63.0 cm³/mol. The van der Waals surface area contributed by atoms with Crippen molar-refractivity contribution >= 4 is 23.2 Å². The molecule has 15 heavy (non-hydrogen) atoms. The molecule has 0 fully saturated rings. The molecule has 0 aliphatic carbocycles. The first-order chi connectivity index (χ1) is 7.09. The van der Waals surface area contributed by atoms with Gasteiger partial charge in [-0.05, 0) is 38.1 Å². The summed E-state index contributed by atoms with van der Waals surface area (Å²) >= 11 is 11.5. The first kappa shape index (κ1) is 12.8. The van der Waals surface area contributed by atoms with Crippen LogP contribution in [0.3, 0.4) is 0 Å². The molecule has 1 nitrogen and oxygen atoms in total. The Morgan fingerprint density at radius 2 is 2.20 bits per heavy atom. The molecule has 1 aromatic rings. The van der Waals surface area contributed by atoms with E-state index in [2.05, 4.69) is 5.32 Å². The summed E-state index contributed by atoms with van der Waals surface area (Å²) in [5, 5.41) is 3.81. The lowest BCUT2D eigenvalue weighted by Crippen LogP contribution is -2.17. The van der Waals surface area contributed by atoms with Crippen molar-refractivity contribution in [3.63, 3.8) is 0 Å². The first-order valence-corrected chi connectivity index (χ1v) is 5.69. The number of alkyl halides is 1. The zero-order valence-corrected chi connectivity index (χ0v) is 10.1. The van der Waals surface area contributed by atoms with Gasteiger partial charge >= 0.3 is 0 Å². The Kier molecular flexibility index (Phi) is 5.37. The van der Waals surface area contributed by atoms with Crippen LogP contribution in [0.15, 0.2) is 18.2 Å². The number of rotatable bonds is 5. The molecule has 1 unspecified atom stereocenters. The molecule has 1 aromatic carbocycles. The van der Waals surface area contributed by atoms with Crippen LogP contribution in [0.4, 0.5) is 4.39 Å². The Labute approximate surface area is 99.6 Å². The summed E-state index contributed by atoms with van der Waals surface area (Å²) in [5.74, 6) is -0.231. The smallest absolute Gasteiger partial charge is 0.127 e. The minimum Gasteiger partial charge on any atom is -0.313 e. The lowest BCUT2D eigenvalue weighted by Gasteiger charge is -2.07. The van der Waals surface area contributed by atoms with Gasteiger partial charge < -0.3 is 5.32 Å². The average Bonchev–Trinajstić information content (AvgIpc) is 2.17. The Balaban J connectivity index is 2.40. The highest BCUT2D eigenvalue weighted by Gasteiger charge is 2.02. The number of halogens is 3. The van der Waals surface area contributed by atoms with E-state index in [-0.39, 0.29) is 11.2 Å². The molecule has 1 atom stereocenters. The molecule has 4 heteroatoms. The predicted octanol–water partition coefficient (Wildman–Crippen LogP) is 3.59. The lowest BCUT2D eigenvalue weighted by molar-refractivity contribution is 0.581. The molecule has 1 N–H and O–H groups in total. The van der Waals surface area contributed by atoms with Crippen LogP contribution in [0, 0.1) is 5.82 Å². The highest BCUT2D eigenvalue weighted by atomic mass is 35.5. The molecule has 0 aliphatic heterocycles. The maximum atomic E-state index is 13.2. The molecule has 0 amide bonds. The summed E-state index contributed by atoms with van der Waals surface area (Å²) in [7, 11) is 0. The van der Waals surface area contributed by atoms with Crippen molar-refractivity contribution in [2.45, 2.75) is 25.3 Å². The maximum absolute atomic E-state index is 13.2. The Hall–Kier alpha value is -0.310. The molecule has 0 saturated carbocycles. The highest BCUT2D eigenvalue weighted by molar-refractivity contribution is 6.30. The standard InChI is InChI=1S/C11H14Cl2FN/c1-8(12)4-5-15-7-9-6-10(13)2-3-11(9)14/h2-3,6,8,15H,4-5,7H2,1H3. The van der Waals surface area contributed by atoms with Crippen molar-refractivity contribution in [2.24, 2.45) is 0 Å². The summed E-state index contributed by atoms with van der Waals surface area (Å²) < 4.78 is 13.2. The van der Waals surface area contributed by atoms with Gasteiger partial charge in [-0.2, -0.15) is 0 Å². The number of hydrogen-bond donors (Lipinski definition) is 1. The largest absolute Gasteiger partial charge is 0.313 e. The molecule has 0 aromatic heterocycles. The molecule has 0 bridgehead atoms. The van der Waals surface area contributed by atoms with E-state index in [1.165, 1.54) is 6.07 Å². The molecule has 0 radical (unpaired) electrons. The van der Waals surface area contributed by atoms with Gasteiger partial charge in [0.15, 0.2) is 0 Å². The quantitative estimate of drug-likeness (QED) is 0.622. The average molecular weight is 250 g/mol. The molecule has 84 valence electrons. The van der Waals surface area contributed by atoms with Gasteiger partial charge in [0.2, 0.25) is 0 Å². The van der Waals surface area contributed by atoms with Crippen molar-refractivity contribution in [2.75, 3.05) is 6.54 Å². The van der Waals surface area contributed by atoms with E-state index >= 15 is 0 Å². The van der Waals surface area contributed by atoms with Gasteiger partial charge in [-0.25, -0.2) is 4.39 Å². The molecule has 0 aliphatic rings. The monoisotopic (exact) mass is 249 g/mol. The number of benzene rings is 1. The van der Waals surface area contributed by atoms with E-state index in [0.717, 1.165) is 13.0 Å². The van der Waals surface area contributed by atoms with Crippen LogP contribution >= 0.6 is 23.2 Å². The minimum absolute atomic E-state index is 0.140. The third-order valence-corrected chi connectivity index (χ3v) is 2.50. The third kappa shape index (κ3) is 4.83. The van der Waals surface area contributed by atoms with Crippen LogP contribution in [0.2, 0.25) is 5.02 Å². The summed E-state index contributed by atoms with van der Waals surface area (Å²) in [5.41, 5.74) is 0.588. The van der Waals surface area contributed by atoms with Crippen LogP contribution in [0.5, 0.6) is 0 Å². The molecule has 1 rings (SSSR count). The van der Waals surface area contributed by atoms with E-state index in [4.69, 9.17) is 23.2 Å². The topological polar surface area (TPSA) is 12.0 Å². The van der Waals surface area contributed by atoms with Gasteiger partial charge in [-0.15, -0.1) is 11.6 Å². The zero-order valence-electron chi connectivity index (χ0n) is 8.56. The van der Waals surface area contributed by atoms with Gasteiger partial charge in [0.25, 0.3) is 0 Å². The normalized spacial score (nSPS) is 12.8. The van der Waals surface area contributed by atoms with Crippen molar-refractivity contribution in [3.05, 3.63) is 34.6 Å². The summed E-state index contributed by atoms with van der Waals surface area (Å²) in [6.07, 6.45) is 0.865. The summed E-state index contributed by atoms with van der Waals surface area (Å²) in [6, 6.07) is 4.55. The first-order valence-electron chi connectivity index (χ1n) is 4.88. The zero-order chi connectivity index (χ0) is 11.3. The Morgan fingerprint density at radius 1 is 1.47 bits per heavy atom. The van der Waals surface area contributed by atoms with Crippen LogP contribution in [0.25, 0.3) is 0 Å². The fraction of sp³-hybridized carbons (Fsp3) is 0.455. The van der Waals surface area contributed by atoms with E-state index in [0.29, 0.717) is 17.1 Å². The van der Waals surface area contributed by atoms with Crippen LogP contribution in [0.1, 0.15) is 18.9 Å². The SMILES string of the molecule is CC(Cl)CCNCc1cc(Cl)ccc1F. The van der Waals surface area contributed by atoms with Gasteiger partial charge in [0.1, 0.15) is 5.82 Å². The van der Waals surface area contributed by atoms with Gasteiger partial charge in [-0.3, -0.25) is 0 Å². The Bertz CT molecular complexity index is 315. The lowest BCUT2D eigenvalue weighted by atomic mass is 10.2. The van der Waals surface area contributed by atoms with E-state index in [9.17, 15) is 4.39 Å². The highest BCUT2D eigenvalue weighted by Crippen LogP contribution is 2.14. The van der Waals surface area contributed by atoms with E-state index < -0.39 is 0 Å². The maximum Gasteiger partial charge on any atom is 0.127 e. The van der Waals surface area contributed by atoms with E-state index in [1.54, 1.807) is 12.1 Å². The minimum atomic E-state index is -0.231. The van der Waals surface area contributed by atoms with Gasteiger partial charge in [0.05, 0.1) is 0 Å². The van der Waals surface area contributed by atoms with Crippen molar-refractivity contribution in [1.29, 1.82) is 0 Å². The van der Waals surface area contributed by atoms with Crippen LogP contribution < -0.4 is 5.32 Å². The van der Waals surface area contributed by atoms with E-state index in [1.807, 2.05) is 6.92 Å². The fourth-order valence-corrected chi connectivity index (χ4v) is 1.51. The molecule has 0 heterocycles. The number of hydrogen-bond acceptors (Lipinski definition) is 1. The second-order valence-electron chi connectivity index (χ2n) is 3.48. The second-order valence-corrected chi connectivity index (χ2v) is 4.66. The van der Waals surface area contributed by atoms with Crippen LogP contribution in [-0.2, 0) is 6.54 Å². The van der Waals surface area contributed by atoms with Crippen molar-refractivity contribution < 1.29 is 4.39 Å².